The second kappa shape index (κ2) is 6.93. The number of carbonyl (C=O) groups is 2. The van der Waals surface area contributed by atoms with Gasteiger partial charge in [-0.2, -0.15) is 0 Å². The van der Waals surface area contributed by atoms with Crippen LogP contribution in [0.1, 0.15) is 20.3 Å². The monoisotopic (exact) mass is 312 g/mol. The number of hydrogen-bond acceptors (Lipinski definition) is 6. The Bertz CT molecular complexity index is 508. The van der Waals surface area contributed by atoms with Gasteiger partial charge in [0.1, 0.15) is 0 Å². The molecule has 0 fully saturated rings. The number of ether oxygens (including phenoxy) is 4. The Kier molecular flexibility index (Phi) is 5.20. The second-order valence-corrected chi connectivity index (χ2v) is 5.06. The van der Waals surface area contributed by atoms with E-state index in [1.165, 1.54) is 13.4 Å². The first-order valence-corrected chi connectivity index (χ1v) is 7.13. The molecule has 7 nitrogen and oxygen atoms in total. The first kappa shape index (κ1) is 16.5. The van der Waals surface area contributed by atoms with Crippen LogP contribution in [-0.2, 0) is 28.5 Å². The zero-order valence-corrected chi connectivity index (χ0v) is 12.8. The Balaban J connectivity index is 2.24. The van der Waals surface area contributed by atoms with Gasteiger partial charge in [0, 0.05) is 18.1 Å². The van der Waals surface area contributed by atoms with Gasteiger partial charge in [0.05, 0.1) is 24.9 Å². The molecule has 0 spiro atoms. The van der Waals surface area contributed by atoms with E-state index in [4.69, 9.17) is 18.9 Å². The molecule has 2 aliphatic rings. The van der Waals surface area contributed by atoms with Crippen molar-refractivity contribution in [1.82, 2.24) is 0 Å². The number of carboxylic acid groups (broad SMARTS) is 1. The van der Waals surface area contributed by atoms with Crippen molar-refractivity contribution in [2.24, 2.45) is 11.8 Å². The molecule has 1 heterocycles. The summed E-state index contributed by atoms with van der Waals surface area (Å²) in [4.78, 5) is 23.2. The van der Waals surface area contributed by atoms with Crippen LogP contribution in [0.15, 0.2) is 23.5 Å². The van der Waals surface area contributed by atoms with Crippen molar-refractivity contribution in [2.45, 2.75) is 32.8 Å². The number of hydrogen-bond donors (Lipinski definition) is 1. The highest BCUT2D eigenvalue weighted by molar-refractivity contribution is 5.92. The maximum atomic E-state index is 11.8. The van der Waals surface area contributed by atoms with Crippen molar-refractivity contribution >= 4 is 11.9 Å². The van der Waals surface area contributed by atoms with Gasteiger partial charge in [0.15, 0.2) is 6.29 Å². The highest BCUT2D eigenvalue weighted by Crippen LogP contribution is 2.44. The van der Waals surface area contributed by atoms with E-state index in [0.717, 1.165) is 0 Å². The average molecular weight is 312 g/mol. The number of fused-ring (bicyclic) bond motifs is 1. The van der Waals surface area contributed by atoms with Crippen LogP contribution in [0.2, 0.25) is 0 Å². The van der Waals surface area contributed by atoms with Crippen molar-refractivity contribution in [1.29, 1.82) is 0 Å². The number of methoxy groups -OCH3 is 1. The lowest BCUT2D eigenvalue weighted by molar-refractivity contribution is -0.242. The standard InChI is InChI=1S/C15H20O7/c1-4-20-8(2)22-15-12-9(5-6-10(12)13(16)17)11(7-21-15)14(18)19-3/h6-9,12,15H,4-5H2,1-3H3,(H,16,17)/t8?,9-,12+,15+/m1/s1. The summed E-state index contributed by atoms with van der Waals surface area (Å²) in [5.41, 5.74) is 0.511. The van der Waals surface area contributed by atoms with Gasteiger partial charge in [-0.1, -0.05) is 6.08 Å². The average Bonchev–Trinajstić information content (AvgIpc) is 2.92. The van der Waals surface area contributed by atoms with Crippen molar-refractivity contribution in [2.75, 3.05) is 13.7 Å². The SMILES string of the molecule is CCOC(C)O[C@@H]1OC=C(C(=O)OC)[C@H]2CC=C(C(=O)O)[C@@H]12. The van der Waals surface area contributed by atoms with Gasteiger partial charge in [0.2, 0.25) is 6.29 Å². The minimum atomic E-state index is -1.04. The molecule has 122 valence electrons. The van der Waals surface area contributed by atoms with Gasteiger partial charge in [-0.3, -0.25) is 0 Å². The Morgan fingerprint density at radius 1 is 1.45 bits per heavy atom. The van der Waals surface area contributed by atoms with E-state index in [9.17, 15) is 14.7 Å². The summed E-state index contributed by atoms with van der Waals surface area (Å²) in [6.07, 6.45) is 1.98. The van der Waals surface area contributed by atoms with E-state index in [1.54, 1.807) is 13.0 Å². The largest absolute Gasteiger partial charge is 0.478 e. The Morgan fingerprint density at radius 2 is 2.18 bits per heavy atom. The molecule has 2 rings (SSSR count). The van der Waals surface area contributed by atoms with E-state index in [0.29, 0.717) is 18.6 Å². The van der Waals surface area contributed by atoms with Crippen LogP contribution in [0.5, 0.6) is 0 Å². The molecule has 0 amide bonds. The topological polar surface area (TPSA) is 91.3 Å². The molecule has 1 N–H and O–H groups in total. The molecule has 0 aromatic heterocycles. The molecule has 0 radical (unpaired) electrons. The van der Waals surface area contributed by atoms with Gasteiger partial charge in [-0.15, -0.1) is 0 Å². The first-order chi connectivity index (χ1) is 10.5. The Labute approximate surface area is 128 Å². The lowest BCUT2D eigenvalue weighted by Gasteiger charge is -2.35. The minimum Gasteiger partial charge on any atom is -0.478 e. The van der Waals surface area contributed by atoms with E-state index < -0.39 is 30.4 Å². The number of carboxylic acids is 1. The molecule has 22 heavy (non-hydrogen) atoms. The third-order valence-electron chi connectivity index (χ3n) is 3.80. The fourth-order valence-electron chi connectivity index (χ4n) is 2.85. The van der Waals surface area contributed by atoms with Gasteiger partial charge in [-0.05, 0) is 20.3 Å². The summed E-state index contributed by atoms with van der Waals surface area (Å²) in [7, 11) is 1.28. The first-order valence-electron chi connectivity index (χ1n) is 7.13. The highest BCUT2D eigenvalue weighted by atomic mass is 16.8. The van der Waals surface area contributed by atoms with Gasteiger partial charge < -0.3 is 24.1 Å². The number of aliphatic carboxylic acids is 1. The number of carbonyl (C=O) groups excluding carboxylic acids is 1. The molecule has 7 heteroatoms. The number of allylic oxidation sites excluding steroid dienone is 1. The van der Waals surface area contributed by atoms with Crippen molar-refractivity contribution < 1.29 is 33.6 Å². The zero-order valence-electron chi connectivity index (χ0n) is 12.8. The molecule has 0 aromatic rings. The fourth-order valence-corrected chi connectivity index (χ4v) is 2.85. The molecular formula is C15H20O7. The smallest absolute Gasteiger partial charge is 0.337 e. The third-order valence-corrected chi connectivity index (χ3v) is 3.80. The van der Waals surface area contributed by atoms with E-state index >= 15 is 0 Å². The Morgan fingerprint density at radius 3 is 2.77 bits per heavy atom. The summed E-state index contributed by atoms with van der Waals surface area (Å²) in [5.74, 6) is -2.46. The summed E-state index contributed by atoms with van der Waals surface area (Å²) in [6, 6.07) is 0. The van der Waals surface area contributed by atoms with Crippen LogP contribution < -0.4 is 0 Å². The van der Waals surface area contributed by atoms with Crippen LogP contribution in [0.25, 0.3) is 0 Å². The maximum absolute atomic E-state index is 11.8. The molecular weight excluding hydrogens is 292 g/mol. The molecule has 1 aliphatic carbocycles. The zero-order chi connectivity index (χ0) is 16.3. The van der Waals surface area contributed by atoms with Crippen LogP contribution in [0.4, 0.5) is 0 Å². The maximum Gasteiger partial charge on any atom is 0.337 e. The molecule has 1 aliphatic heterocycles. The highest BCUT2D eigenvalue weighted by Gasteiger charge is 2.47. The number of esters is 1. The summed E-state index contributed by atoms with van der Waals surface area (Å²) in [6.45, 7) is 4.01. The van der Waals surface area contributed by atoms with Gasteiger partial charge in [0.25, 0.3) is 0 Å². The van der Waals surface area contributed by atoms with Crippen molar-refractivity contribution in [3.63, 3.8) is 0 Å². The van der Waals surface area contributed by atoms with E-state index in [2.05, 4.69) is 0 Å². The van der Waals surface area contributed by atoms with Crippen LogP contribution in [0, 0.1) is 11.8 Å². The lowest BCUT2D eigenvalue weighted by Crippen LogP contribution is -2.40. The van der Waals surface area contributed by atoms with E-state index in [1.807, 2.05) is 6.92 Å². The molecule has 0 saturated heterocycles. The molecule has 4 atom stereocenters. The summed E-state index contributed by atoms with van der Waals surface area (Å²) >= 11 is 0. The van der Waals surface area contributed by atoms with Gasteiger partial charge >= 0.3 is 11.9 Å². The quantitative estimate of drug-likeness (QED) is 0.586. The fraction of sp³-hybridized carbons (Fsp3) is 0.600. The van der Waals surface area contributed by atoms with Gasteiger partial charge in [-0.25, -0.2) is 9.59 Å². The summed E-state index contributed by atoms with van der Waals surface area (Å²) in [5, 5.41) is 9.34. The predicted molar refractivity (Wildman–Crippen MR) is 74.5 cm³/mol. The number of rotatable bonds is 6. The Hall–Kier alpha value is -1.86. The predicted octanol–water partition coefficient (Wildman–Crippen LogP) is 1.45. The molecule has 0 saturated carbocycles. The second-order valence-electron chi connectivity index (χ2n) is 5.06. The lowest BCUT2D eigenvalue weighted by atomic mass is 9.83. The summed E-state index contributed by atoms with van der Waals surface area (Å²) < 4.78 is 21.1. The van der Waals surface area contributed by atoms with Crippen molar-refractivity contribution in [3.8, 4) is 0 Å². The van der Waals surface area contributed by atoms with Crippen molar-refractivity contribution in [3.05, 3.63) is 23.5 Å². The van der Waals surface area contributed by atoms with Crippen LogP contribution in [-0.4, -0.2) is 43.3 Å². The molecule has 0 bridgehead atoms. The van der Waals surface area contributed by atoms with Crippen LogP contribution >= 0.6 is 0 Å². The van der Waals surface area contributed by atoms with Crippen LogP contribution in [0.3, 0.4) is 0 Å². The normalized spacial score (nSPS) is 28.0. The van der Waals surface area contributed by atoms with E-state index in [-0.39, 0.29) is 11.5 Å². The third kappa shape index (κ3) is 3.15. The minimum absolute atomic E-state index is 0.188. The molecule has 0 aromatic carbocycles. The molecule has 1 unspecified atom stereocenters.